The van der Waals surface area contributed by atoms with Crippen molar-refractivity contribution in [2.75, 3.05) is 14.2 Å². The van der Waals surface area contributed by atoms with Crippen LogP contribution in [0.25, 0.3) is 0 Å². The summed E-state index contributed by atoms with van der Waals surface area (Å²) in [6.45, 7) is 0. The molecule has 1 N–H and O–H groups in total. The summed E-state index contributed by atoms with van der Waals surface area (Å²) >= 11 is 0. The molecule has 0 saturated heterocycles. The van der Waals surface area contributed by atoms with Crippen molar-refractivity contribution in [2.45, 2.75) is 12.0 Å². The third kappa shape index (κ3) is 3.62. The summed E-state index contributed by atoms with van der Waals surface area (Å²) in [4.78, 5) is 21.5. The second-order valence-corrected chi connectivity index (χ2v) is 7.15. The van der Waals surface area contributed by atoms with Gasteiger partial charge >= 0.3 is 0 Å². The second kappa shape index (κ2) is 8.06. The summed E-state index contributed by atoms with van der Waals surface area (Å²) in [5.41, 5.74) is 0.747. The van der Waals surface area contributed by atoms with Gasteiger partial charge in [0.15, 0.2) is 11.5 Å². The van der Waals surface area contributed by atoms with Gasteiger partial charge < -0.3 is 19.3 Å². The third-order valence-electron chi connectivity index (χ3n) is 5.35. The number of non-ortho nitro benzene ring substituents is 2. The van der Waals surface area contributed by atoms with Gasteiger partial charge in [-0.3, -0.25) is 20.2 Å². The van der Waals surface area contributed by atoms with Crippen molar-refractivity contribution < 1.29 is 29.2 Å². The first-order valence-corrected chi connectivity index (χ1v) is 9.47. The number of phenols is 1. The minimum absolute atomic E-state index is 0.143. The highest BCUT2D eigenvalue weighted by Crippen LogP contribution is 2.53. The molecule has 10 heteroatoms. The van der Waals surface area contributed by atoms with E-state index in [2.05, 4.69) is 0 Å². The fourth-order valence-corrected chi connectivity index (χ4v) is 3.86. The molecule has 32 heavy (non-hydrogen) atoms. The fourth-order valence-electron chi connectivity index (χ4n) is 3.86. The molecule has 0 spiro atoms. The number of hydrogen-bond acceptors (Lipinski definition) is 8. The number of aromatic hydroxyl groups is 1. The molecule has 3 aromatic rings. The van der Waals surface area contributed by atoms with E-state index in [9.17, 15) is 25.3 Å². The van der Waals surface area contributed by atoms with Crippen molar-refractivity contribution in [3.05, 3.63) is 91.5 Å². The van der Waals surface area contributed by atoms with Gasteiger partial charge in [-0.05, 0) is 29.3 Å². The highest BCUT2D eigenvalue weighted by Gasteiger charge is 2.39. The summed E-state index contributed by atoms with van der Waals surface area (Å²) < 4.78 is 16.5. The van der Waals surface area contributed by atoms with Crippen LogP contribution in [-0.4, -0.2) is 29.2 Å². The Labute approximate surface area is 181 Å². The van der Waals surface area contributed by atoms with E-state index in [1.54, 1.807) is 24.3 Å². The van der Waals surface area contributed by atoms with Crippen molar-refractivity contribution >= 4 is 11.4 Å². The Morgan fingerprint density at radius 2 is 1.50 bits per heavy atom. The SMILES string of the molecule is COc1ccc([C@H]2Oc3cc(OC)c(O)cc3[C@@H]2c2cc([N+](=O)[O-])cc([N+](=O)[O-])c2)cc1. The number of phenolic OH excluding ortho intramolecular Hbond substituents is 1. The molecule has 1 aliphatic rings. The van der Waals surface area contributed by atoms with Gasteiger partial charge in [0.2, 0.25) is 0 Å². The van der Waals surface area contributed by atoms with Crippen molar-refractivity contribution in [1.82, 2.24) is 0 Å². The molecule has 1 aliphatic heterocycles. The zero-order valence-corrected chi connectivity index (χ0v) is 17.1. The van der Waals surface area contributed by atoms with E-state index in [0.29, 0.717) is 22.6 Å². The van der Waals surface area contributed by atoms with Crippen molar-refractivity contribution in [2.24, 2.45) is 0 Å². The summed E-state index contributed by atoms with van der Waals surface area (Å²) in [6, 6.07) is 13.5. The van der Waals surface area contributed by atoms with Crippen LogP contribution in [0.5, 0.6) is 23.0 Å². The molecule has 0 radical (unpaired) electrons. The van der Waals surface area contributed by atoms with E-state index in [-0.39, 0.29) is 11.5 Å². The van der Waals surface area contributed by atoms with E-state index in [0.717, 1.165) is 11.6 Å². The molecule has 1 heterocycles. The van der Waals surface area contributed by atoms with Crippen LogP contribution in [0.4, 0.5) is 11.4 Å². The largest absolute Gasteiger partial charge is 0.504 e. The molecule has 4 rings (SSSR count). The number of nitro benzene ring substituents is 2. The molecule has 0 fully saturated rings. The van der Waals surface area contributed by atoms with Crippen LogP contribution in [0.1, 0.15) is 28.7 Å². The quantitative estimate of drug-likeness (QED) is 0.439. The number of nitrogens with zero attached hydrogens (tertiary/aromatic N) is 2. The molecule has 0 unspecified atom stereocenters. The van der Waals surface area contributed by atoms with E-state index in [4.69, 9.17) is 14.2 Å². The van der Waals surface area contributed by atoms with Gasteiger partial charge in [0.05, 0.1) is 36.1 Å². The van der Waals surface area contributed by atoms with E-state index < -0.39 is 33.2 Å². The van der Waals surface area contributed by atoms with Crippen LogP contribution in [0.3, 0.4) is 0 Å². The Morgan fingerprint density at radius 3 is 2.03 bits per heavy atom. The second-order valence-electron chi connectivity index (χ2n) is 7.15. The molecule has 0 aliphatic carbocycles. The van der Waals surface area contributed by atoms with Crippen LogP contribution in [-0.2, 0) is 0 Å². The number of methoxy groups -OCH3 is 2. The molecule has 3 aromatic carbocycles. The van der Waals surface area contributed by atoms with Crippen LogP contribution < -0.4 is 14.2 Å². The number of rotatable bonds is 6. The molecule has 0 aromatic heterocycles. The fraction of sp³-hybridized carbons (Fsp3) is 0.182. The van der Waals surface area contributed by atoms with Crippen LogP contribution in [0.2, 0.25) is 0 Å². The lowest BCUT2D eigenvalue weighted by Gasteiger charge is -2.20. The minimum Gasteiger partial charge on any atom is -0.504 e. The summed E-state index contributed by atoms with van der Waals surface area (Å²) in [5, 5.41) is 33.2. The first-order chi connectivity index (χ1) is 15.3. The Bertz CT molecular complexity index is 1180. The van der Waals surface area contributed by atoms with Gasteiger partial charge in [-0.1, -0.05) is 12.1 Å². The van der Waals surface area contributed by atoms with E-state index in [1.165, 1.54) is 38.5 Å². The molecule has 0 amide bonds. The van der Waals surface area contributed by atoms with Gasteiger partial charge in [0, 0.05) is 23.8 Å². The number of ether oxygens (including phenoxy) is 3. The van der Waals surface area contributed by atoms with E-state index >= 15 is 0 Å². The maximum absolute atomic E-state index is 11.4. The standard InChI is InChI=1S/C22H18N2O8/c1-30-16-5-3-12(4-6-16)22-21(17-10-18(25)20(31-2)11-19(17)32-22)13-7-14(23(26)27)9-15(8-13)24(28)29/h3-11,21-22,25H,1-2H3/t21-,22+/m0/s1. The van der Waals surface area contributed by atoms with E-state index in [1.807, 2.05) is 0 Å². The molecule has 0 saturated carbocycles. The van der Waals surface area contributed by atoms with Crippen molar-refractivity contribution in [3.63, 3.8) is 0 Å². The Hall–Kier alpha value is -4.34. The van der Waals surface area contributed by atoms with Crippen LogP contribution >= 0.6 is 0 Å². The number of benzene rings is 3. The highest BCUT2D eigenvalue weighted by molar-refractivity contribution is 5.59. The van der Waals surface area contributed by atoms with Gasteiger partial charge in [-0.2, -0.15) is 0 Å². The highest BCUT2D eigenvalue weighted by atomic mass is 16.6. The number of nitro groups is 2. The lowest BCUT2D eigenvalue weighted by atomic mass is 9.84. The average molecular weight is 438 g/mol. The summed E-state index contributed by atoms with van der Waals surface area (Å²) in [5.74, 6) is 0.428. The molecule has 164 valence electrons. The molecule has 0 bridgehead atoms. The zero-order chi connectivity index (χ0) is 23.0. The first-order valence-electron chi connectivity index (χ1n) is 9.47. The maximum atomic E-state index is 11.4. The predicted octanol–water partition coefficient (Wildman–Crippen LogP) is 4.49. The lowest BCUT2D eigenvalue weighted by molar-refractivity contribution is -0.394. The normalized spacial score (nSPS) is 16.7. The summed E-state index contributed by atoms with van der Waals surface area (Å²) in [6.07, 6.45) is -0.663. The van der Waals surface area contributed by atoms with Crippen molar-refractivity contribution in [3.8, 4) is 23.0 Å². The third-order valence-corrected chi connectivity index (χ3v) is 5.35. The molecular weight excluding hydrogens is 420 g/mol. The average Bonchev–Trinajstić information content (AvgIpc) is 3.16. The Kier molecular flexibility index (Phi) is 5.27. The Morgan fingerprint density at radius 1 is 0.875 bits per heavy atom. The molecular formula is C22H18N2O8. The predicted molar refractivity (Wildman–Crippen MR) is 113 cm³/mol. The summed E-state index contributed by atoms with van der Waals surface area (Å²) in [7, 11) is 2.94. The van der Waals surface area contributed by atoms with Crippen molar-refractivity contribution in [1.29, 1.82) is 0 Å². The van der Waals surface area contributed by atoms with Gasteiger partial charge in [-0.25, -0.2) is 0 Å². The lowest BCUT2D eigenvalue weighted by Crippen LogP contribution is -2.12. The smallest absolute Gasteiger partial charge is 0.276 e. The number of hydrogen-bond donors (Lipinski definition) is 1. The molecule has 2 atom stereocenters. The minimum atomic E-state index is -0.679. The van der Waals surface area contributed by atoms with Gasteiger partial charge in [0.1, 0.15) is 17.6 Å². The van der Waals surface area contributed by atoms with Crippen LogP contribution in [0.15, 0.2) is 54.6 Å². The van der Waals surface area contributed by atoms with Gasteiger partial charge in [-0.15, -0.1) is 0 Å². The van der Waals surface area contributed by atoms with Gasteiger partial charge in [0.25, 0.3) is 11.4 Å². The topological polar surface area (TPSA) is 134 Å². The maximum Gasteiger partial charge on any atom is 0.276 e. The Balaban J connectivity index is 1.92. The number of fused-ring (bicyclic) bond motifs is 1. The van der Waals surface area contributed by atoms with Crippen LogP contribution in [0, 0.1) is 20.2 Å². The zero-order valence-electron chi connectivity index (χ0n) is 17.1. The first kappa shape index (κ1) is 20.9. The monoisotopic (exact) mass is 438 g/mol. The molecule has 10 nitrogen and oxygen atoms in total.